The van der Waals surface area contributed by atoms with E-state index in [1.807, 2.05) is 0 Å². The molecule has 0 aliphatic carbocycles. The number of carboxylic acids is 1. The van der Waals surface area contributed by atoms with Crippen LogP contribution in [0.1, 0.15) is 43.2 Å². The Labute approximate surface area is 143 Å². The largest absolute Gasteiger partial charge is 0.479 e. The smallest absolute Gasteiger partial charge is 0.416 e. The maximum Gasteiger partial charge on any atom is 0.416 e. The molecule has 1 aromatic carbocycles. The zero-order valence-corrected chi connectivity index (χ0v) is 13.7. The molecule has 0 radical (unpaired) electrons. The van der Waals surface area contributed by atoms with Gasteiger partial charge in [0, 0.05) is 32.4 Å². The van der Waals surface area contributed by atoms with Crippen molar-refractivity contribution in [2.45, 2.75) is 43.9 Å². The van der Waals surface area contributed by atoms with Crippen LogP contribution < -0.4 is 0 Å². The lowest BCUT2D eigenvalue weighted by Crippen LogP contribution is -2.50. The third kappa shape index (κ3) is 4.50. The number of benzene rings is 1. The van der Waals surface area contributed by atoms with Gasteiger partial charge in [0.15, 0.2) is 5.60 Å². The van der Waals surface area contributed by atoms with Gasteiger partial charge in [-0.05, 0) is 23.6 Å². The molecule has 8 heteroatoms. The summed E-state index contributed by atoms with van der Waals surface area (Å²) >= 11 is 0. The molecule has 0 saturated carbocycles. The second-order valence-corrected chi connectivity index (χ2v) is 6.44. The molecular weight excluding hydrogens is 339 g/mol. The van der Waals surface area contributed by atoms with E-state index in [9.17, 15) is 27.9 Å². The van der Waals surface area contributed by atoms with Gasteiger partial charge in [0.25, 0.3) is 0 Å². The standard InChI is InChI=1S/C17H20F3NO4/c1-11(12-2-4-13(5-3-12)17(18,19)20)10-14(22)21-8-6-16(25,7-9-21)15(23)24/h2-5,11,25H,6-10H2,1H3,(H,23,24). The molecule has 5 nitrogen and oxygen atoms in total. The predicted octanol–water partition coefficient (Wildman–Crippen LogP) is 2.64. The minimum atomic E-state index is -4.40. The fourth-order valence-electron chi connectivity index (χ4n) is 2.85. The monoisotopic (exact) mass is 359 g/mol. The number of hydrogen-bond acceptors (Lipinski definition) is 3. The number of aliphatic carboxylic acids is 1. The number of aliphatic hydroxyl groups is 1. The summed E-state index contributed by atoms with van der Waals surface area (Å²) in [6.45, 7) is 2.03. The van der Waals surface area contributed by atoms with Crippen LogP contribution in [0.15, 0.2) is 24.3 Å². The Balaban J connectivity index is 1.93. The van der Waals surface area contributed by atoms with Crippen molar-refractivity contribution < 1.29 is 33.0 Å². The zero-order valence-electron chi connectivity index (χ0n) is 13.7. The number of halogens is 3. The molecule has 1 amide bonds. The van der Waals surface area contributed by atoms with Crippen molar-refractivity contribution in [1.82, 2.24) is 4.90 Å². The van der Waals surface area contributed by atoms with Crippen LogP contribution >= 0.6 is 0 Å². The third-order valence-electron chi connectivity index (χ3n) is 4.63. The highest BCUT2D eigenvalue weighted by Crippen LogP contribution is 2.31. The first-order valence-electron chi connectivity index (χ1n) is 7.93. The number of carboxylic acid groups (broad SMARTS) is 1. The lowest BCUT2D eigenvalue weighted by atomic mass is 9.90. The van der Waals surface area contributed by atoms with Gasteiger partial charge in [-0.2, -0.15) is 13.2 Å². The summed E-state index contributed by atoms with van der Waals surface area (Å²) in [6, 6.07) is 4.70. The van der Waals surface area contributed by atoms with E-state index in [-0.39, 0.29) is 44.2 Å². The normalized spacial score (nSPS) is 18.7. The van der Waals surface area contributed by atoms with Crippen LogP contribution in [-0.2, 0) is 15.8 Å². The van der Waals surface area contributed by atoms with E-state index in [0.717, 1.165) is 12.1 Å². The molecule has 1 aliphatic rings. The quantitative estimate of drug-likeness (QED) is 0.866. The first-order valence-corrected chi connectivity index (χ1v) is 7.93. The second kappa shape index (κ2) is 7.03. The number of alkyl halides is 3. The third-order valence-corrected chi connectivity index (χ3v) is 4.63. The maximum atomic E-state index is 12.6. The Morgan fingerprint density at radius 2 is 1.72 bits per heavy atom. The highest BCUT2D eigenvalue weighted by molar-refractivity contribution is 5.80. The number of rotatable bonds is 4. The molecule has 2 N–H and O–H groups in total. The number of carbonyl (C=O) groups excluding carboxylic acids is 1. The molecule has 1 aromatic rings. The summed E-state index contributed by atoms with van der Waals surface area (Å²) in [5.41, 5.74) is -1.91. The number of nitrogens with zero attached hydrogens (tertiary/aromatic N) is 1. The predicted molar refractivity (Wildman–Crippen MR) is 82.9 cm³/mol. The van der Waals surface area contributed by atoms with Gasteiger partial charge >= 0.3 is 12.1 Å². The molecule has 1 saturated heterocycles. The average molecular weight is 359 g/mol. The Morgan fingerprint density at radius 3 is 2.16 bits per heavy atom. The first-order chi connectivity index (χ1) is 11.5. The van der Waals surface area contributed by atoms with Crippen LogP contribution in [0.2, 0.25) is 0 Å². The van der Waals surface area contributed by atoms with Crippen LogP contribution in [0.3, 0.4) is 0 Å². The van der Waals surface area contributed by atoms with Gasteiger partial charge < -0.3 is 15.1 Å². The van der Waals surface area contributed by atoms with E-state index in [4.69, 9.17) is 5.11 Å². The SMILES string of the molecule is CC(CC(=O)N1CCC(O)(C(=O)O)CC1)c1ccc(C(F)(F)F)cc1. The van der Waals surface area contributed by atoms with Crippen molar-refractivity contribution in [2.75, 3.05) is 13.1 Å². The molecule has 1 aliphatic heterocycles. The lowest BCUT2D eigenvalue weighted by Gasteiger charge is -2.35. The van der Waals surface area contributed by atoms with E-state index in [1.165, 1.54) is 17.0 Å². The van der Waals surface area contributed by atoms with E-state index in [1.54, 1.807) is 6.92 Å². The van der Waals surface area contributed by atoms with Crippen molar-refractivity contribution in [2.24, 2.45) is 0 Å². The fraction of sp³-hybridized carbons (Fsp3) is 0.529. The van der Waals surface area contributed by atoms with Gasteiger partial charge in [-0.15, -0.1) is 0 Å². The number of likely N-dealkylation sites (tertiary alicyclic amines) is 1. The van der Waals surface area contributed by atoms with E-state index in [0.29, 0.717) is 5.56 Å². The minimum Gasteiger partial charge on any atom is -0.479 e. The molecule has 1 heterocycles. The number of amides is 1. The average Bonchev–Trinajstić information content (AvgIpc) is 2.54. The Hall–Kier alpha value is -2.09. The number of carbonyl (C=O) groups is 2. The van der Waals surface area contributed by atoms with Crippen LogP contribution in [0.5, 0.6) is 0 Å². The molecule has 2 rings (SSSR count). The summed E-state index contributed by atoms with van der Waals surface area (Å²) in [5, 5.41) is 18.8. The van der Waals surface area contributed by atoms with Crippen molar-refractivity contribution >= 4 is 11.9 Å². The summed E-state index contributed by atoms with van der Waals surface area (Å²) < 4.78 is 37.7. The zero-order chi connectivity index (χ0) is 18.8. The highest BCUT2D eigenvalue weighted by Gasteiger charge is 2.40. The molecule has 1 fully saturated rings. The van der Waals surface area contributed by atoms with E-state index in [2.05, 4.69) is 0 Å². The molecule has 0 aromatic heterocycles. The topological polar surface area (TPSA) is 77.8 Å². The van der Waals surface area contributed by atoms with Gasteiger partial charge in [0.2, 0.25) is 5.91 Å². The molecule has 0 bridgehead atoms. The lowest BCUT2D eigenvalue weighted by molar-refractivity contribution is -0.165. The van der Waals surface area contributed by atoms with Gasteiger partial charge in [-0.25, -0.2) is 4.79 Å². The maximum absolute atomic E-state index is 12.6. The molecule has 1 atom stereocenters. The number of hydrogen-bond donors (Lipinski definition) is 2. The Morgan fingerprint density at radius 1 is 1.20 bits per heavy atom. The highest BCUT2D eigenvalue weighted by atomic mass is 19.4. The number of piperidine rings is 1. The first kappa shape index (κ1) is 19.2. The summed E-state index contributed by atoms with van der Waals surface area (Å²) in [6.07, 6.45) is -4.37. The van der Waals surface area contributed by atoms with Crippen molar-refractivity contribution in [3.05, 3.63) is 35.4 Å². The Kier molecular flexibility index (Phi) is 5.41. The summed E-state index contributed by atoms with van der Waals surface area (Å²) in [4.78, 5) is 24.8. The van der Waals surface area contributed by atoms with Gasteiger partial charge in [0.05, 0.1) is 5.56 Å². The molecule has 0 spiro atoms. The van der Waals surface area contributed by atoms with Crippen molar-refractivity contribution in [1.29, 1.82) is 0 Å². The summed E-state index contributed by atoms with van der Waals surface area (Å²) in [7, 11) is 0. The van der Waals surface area contributed by atoms with Crippen LogP contribution in [0.25, 0.3) is 0 Å². The molecular formula is C17H20F3NO4. The van der Waals surface area contributed by atoms with Crippen LogP contribution in [0.4, 0.5) is 13.2 Å². The van der Waals surface area contributed by atoms with Crippen molar-refractivity contribution in [3.63, 3.8) is 0 Å². The van der Waals surface area contributed by atoms with E-state index >= 15 is 0 Å². The van der Waals surface area contributed by atoms with E-state index < -0.39 is 23.3 Å². The van der Waals surface area contributed by atoms with Gasteiger partial charge in [-0.3, -0.25) is 4.79 Å². The minimum absolute atomic E-state index is 0.0390. The molecule has 138 valence electrons. The van der Waals surface area contributed by atoms with Gasteiger partial charge in [0.1, 0.15) is 0 Å². The second-order valence-electron chi connectivity index (χ2n) is 6.44. The molecule has 1 unspecified atom stereocenters. The summed E-state index contributed by atoms with van der Waals surface area (Å²) in [5.74, 6) is -1.77. The van der Waals surface area contributed by atoms with Crippen LogP contribution in [-0.4, -0.2) is 45.7 Å². The van der Waals surface area contributed by atoms with Gasteiger partial charge in [-0.1, -0.05) is 19.1 Å². The van der Waals surface area contributed by atoms with Crippen molar-refractivity contribution in [3.8, 4) is 0 Å². The van der Waals surface area contributed by atoms with Crippen LogP contribution in [0, 0.1) is 0 Å². The fourth-order valence-corrected chi connectivity index (χ4v) is 2.85. The Bertz CT molecular complexity index is 634. The molecule has 25 heavy (non-hydrogen) atoms.